The fraction of sp³-hybridized carbons (Fsp3) is 0.176. The first-order valence-corrected chi connectivity index (χ1v) is 8.59. The molecule has 8 heteroatoms. The van der Waals surface area contributed by atoms with Gasteiger partial charge in [0, 0.05) is 10.7 Å². The van der Waals surface area contributed by atoms with Crippen LogP contribution >= 0.6 is 27.5 Å². The fourth-order valence-electron chi connectivity index (χ4n) is 2.22. The summed E-state index contributed by atoms with van der Waals surface area (Å²) < 4.78 is 11.6. The van der Waals surface area contributed by atoms with Crippen LogP contribution in [0.1, 0.15) is 6.92 Å². The monoisotopic (exact) mass is 424 g/mol. The van der Waals surface area contributed by atoms with Gasteiger partial charge < -0.3 is 20.1 Å². The third-order valence-corrected chi connectivity index (χ3v) is 4.30. The molecule has 0 fully saturated rings. The Labute approximate surface area is 157 Å². The van der Waals surface area contributed by atoms with Crippen molar-refractivity contribution < 1.29 is 19.1 Å². The van der Waals surface area contributed by atoms with Crippen molar-refractivity contribution in [3.63, 3.8) is 0 Å². The number of hydrogen-bond donors (Lipinski definition) is 2. The van der Waals surface area contributed by atoms with Crippen LogP contribution in [-0.2, 0) is 9.59 Å². The van der Waals surface area contributed by atoms with E-state index in [1.165, 1.54) is 0 Å². The summed E-state index contributed by atoms with van der Waals surface area (Å²) in [5.41, 5.74) is 1.04. The number of fused-ring (bicyclic) bond motifs is 1. The van der Waals surface area contributed by atoms with Crippen LogP contribution in [0.2, 0.25) is 5.02 Å². The lowest BCUT2D eigenvalue weighted by atomic mass is 10.2. The molecule has 0 aliphatic carbocycles. The molecule has 2 aromatic rings. The molecule has 0 saturated carbocycles. The lowest BCUT2D eigenvalue weighted by Gasteiger charge is -2.23. The van der Waals surface area contributed by atoms with Crippen LogP contribution in [0.4, 0.5) is 11.4 Å². The molecule has 25 heavy (non-hydrogen) atoms. The molecule has 2 amide bonds. The average molecular weight is 426 g/mol. The molecule has 1 aliphatic rings. The first-order valence-electron chi connectivity index (χ1n) is 7.41. The van der Waals surface area contributed by atoms with Gasteiger partial charge in [0.2, 0.25) is 0 Å². The Morgan fingerprint density at radius 1 is 1.36 bits per heavy atom. The Balaban J connectivity index is 1.61. The molecule has 3 rings (SSSR count). The number of carbonyl (C=O) groups is 2. The summed E-state index contributed by atoms with van der Waals surface area (Å²) in [5.74, 6) is 0.510. The van der Waals surface area contributed by atoms with Gasteiger partial charge in [0.15, 0.2) is 12.7 Å². The van der Waals surface area contributed by atoms with Crippen molar-refractivity contribution >= 4 is 50.7 Å². The van der Waals surface area contributed by atoms with E-state index in [1.54, 1.807) is 43.3 Å². The summed E-state index contributed by atoms with van der Waals surface area (Å²) >= 11 is 9.18. The minimum atomic E-state index is -0.542. The van der Waals surface area contributed by atoms with Crippen LogP contribution in [0.3, 0.4) is 0 Å². The van der Waals surface area contributed by atoms with E-state index in [0.717, 1.165) is 0 Å². The molecule has 0 radical (unpaired) electrons. The van der Waals surface area contributed by atoms with Crippen molar-refractivity contribution in [2.45, 2.75) is 13.0 Å². The van der Waals surface area contributed by atoms with Crippen LogP contribution in [0.15, 0.2) is 40.9 Å². The van der Waals surface area contributed by atoms with E-state index < -0.39 is 6.10 Å². The number of amides is 2. The van der Waals surface area contributed by atoms with Gasteiger partial charge in [-0.3, -0.25) is 9.59 Å². The summed E-state index contributed by atoms with van der Waals surface area (Å²) in [6, 6.07) is 10.0. The van der Waals surface area contributed by atoms with Crippen molar-refractivity contribution in [3.05, 3.63) is 45.9 Å². The van der Waals surface area contributed by atoms with E-state index in [2.05, 4.69) is 26.6 Å². The number of anilines is 2. The number of carbonyl (C=O) groups excluding carboxylic acids is 2. The molecule has 0 spiro atoms. The summed E-state index contributed by atoms with van der Waals surface area (Å²) in [6.07, 6.45) is -0.542. The highest BCUT2D eigenvalue weighted by Gasteiger charge is 2.23. The van der Waals surface area contributed by atoms with Gasteiger partial charge in [-0.2, -0.15) is 0 Å². The first-order chi connectivity index (χ1) is 11.9. The SMILES string of the molecule is CC1Oc2ccc(NC(=O)COc3ccc(Cl)cc3Br)cc2NC1=O. The summed E-state index contributed by atoms with van der Waals surface area (Å²) in [7, 11) is 0. The van der Waals surface area contributed by atoms with Crippen LogP contribution in [-0.4, -0.2) is 24.5 Å². The number of benzene rings is 2. The molecule has 1 atom stereocenters. The van der Waals surface area contributed by atoms with Crippen LogP contribution in [0, 0.1) is 0 Å². The van der Waals surface area contributed by atoms with Gasteiger partial charge in [-0.05, 0) is 59.3 Å². The average Bonchev–Trinajstić information content (AvgIpc) is 2.55. The van der Waals surface area contributed by atoms with E-state index in [0.29, 0.717) is 32.4 Å². The van der Waals surface area contributed by atoms with Gasteiger partial charge in [-0.25, -0.2) is 0 Å². The molecule has 1 unspecified atom stereocenters. The zero-order valence-corrected chi connectivity index (χ0v) is 15.5. The Bertz CT molecular complexity index is 843. The van der Waals surface area contributed by atoms with E-state index in [-0.39, 0.29) is 18.4 Å². The zero-order chi connectivity index (χ0) is 18.0. The molecule has 1 aliphatic heterocycles. The van der Waals surface area contributed by atoms with Gasteiger partial charge >= 0.3 is 0 Å². The predicted molar refractivity (Wildman–Crippen MR) is 98.4 cm³/mol. The van der Waals surface area contributed by atoms with E-state index in [1.807, 2.05) is 0 Å². The molecule has 1 heterocycles. The van der Waals surface area contributed by atoms with Gasteiger partial charge in [0.1, 0.15) is 11.5 Å². The molecular formula is C17H14BrClN2O4. The molecular weight excluding hydrogens is 412 g/mol. The number of ether oxygens (including phenoxy) is 2. The Morgan fingerprint density at radius 2 is 2.16 bits per heavy atom. The molecule has 0 saturated heterocycles. The second kappa shape index (κ2) is 7.33. The van der Waals surface area contributed by atoms with Gasteiger partial charge in [0.25, 0.3) is 11.8 Å². The predicted octanol–water partition coefficient (Wildman–Crippen LogP) is 3.84. The van der Waals surface area contributed by atoms with E-state index in [9.17, 15) is 9.59 Å². The minimum absolute atomic E-state index is 0.169. The quantitative estimate of drug-likeness (QED) is 0.780. The second-order valence-electron chi connectivity index (χ2n) is 5.37. The number of halogens is 2. The topological polar surface area (TPSA) is 76.7 Å². The minimum Gasteiger partial charge on any atom is -0.483 e. The summed E-state index contributed by atoms with van der Waals surface area (Å²) in [5, 5.41) is 6.00. The lowest BCUT2D eigenvalue weighted by Crippen LogP contribution is -2.34. The summed E-state index contributed by atoms with van der Waals surface area (Å²) in [4.78, 5) is 23.7. The number of rotatable bonds is 4. The molecule has 0 bridgehead atoms. The van der Waals surface area contributed by atoms with Crippen molar-refractivity contribution in [1.29, 1.82) is 0 Å². The third kappa shape index (κ3) is 4.24. The fourth-order valence-corrected chi connectivity index (χ4v) is 3.02. The Hall–Kier alpha value is -2.25. The number of hydrogen-bond acceptors (Lipinski definition) is 4. The number of nitrogens with one attached hydrogen (secondary N) is 2. The smallest absolute Gasteiger partial charge is 0.265 e. The van der Waals surface area contributed by atoms with Gasteiger partial charge in [-0.1, -0.05) is 11.6 Å². The van der Waals surface area contributed by atoms with E-state index >= 15 is 0 Å². The van der Waals surface area contributed by atoms with Crippen molar-refractivity contribution in [3.8, 4) is 11.5 Å². The van der Waals surface area contributed by atoms with Crippen molar-refractivity contribution in [2.24, 2.45) is 0 Å². The summed E-state index contributed by atoms with van der Waals surface area (Å²) in [6.45, 7) is 1.50. The van der Waals surface area contributed by atoms with E-state index in [4.69, 9.17) is 21.1 Å². The van der Waals surface area contributed by atoms with Crippen LogP contribution in [0.5, 0.6) is 11.5 Å². The second-order valence-corrected chi connectivity index (χ2v) is 6.66. The molecule has 0 aromatic heterocycles. The highest BCUT2D eigenvalue weighted by atomic mass is 79.9. The van der Waals surface area contributed by atoms with Gasteiger partial charge in [0.05, 0.1) is 10.2 Å². The zero-order valence-electron chi connectivity index (χ0n) is 13.1. The Morgan fingerprint density at radius 3 is 2.92 bits per heavy atom. The highest BCUT2D eigenvalue weighted by Crippen LogP contribution is 2.32. The molecule has 6 nitrogen and oxygen atoms in total. The van der Waals surface area contributed by atoms with Crippen LogP contribution in [0.25, 0.3) is 0 Å². The Kier molecular flexibility index (Phi) is 5.15. The lowest BCUT2D eigenvalue weighted by molar-refractivity contribution is -0.122. The maximum atomic E-state index is 12.1. The largest absolute Gasteiger partial charge is 0.483 e. The van der Waals surface area contributed by atoms with Crippen molar-refractivity contribution in [1.82, 2.24) is 0 Å². The molecule has 130 valence electrons. The first kappa shape index (κ1) is 17.6. The third-order valence-electron chi connectivity index (χ3n) is 3.45. The maximum absolute atomic E-state index is 12.1. The molecule has 2 aromatic carbocycles. The standard InChI is InChI=1S/C17H14BrClN2O4/c1-9-17(23)21-13-7-11(3-5-15(13)25-9)20-16(22)8-24-14-4-2-10(19)6-12(14)18/h2-7,9H,8H2,1H3,(H,20,22)(H,21,23). The van der Waals surface area contributed by atoms with Crippen LogP contribution < -0.4 is 20.1 Å². The van der Waals surface area contributed by atoms with Gasteiger partial charge in [-0.15, -0.1) is 0 Å². The molecule has 2 N–H and O–H groups in total. The normalized spacial score (nSPS) is 15.6. The van der Waals surface area contributed by atoms with Crippen molar-refractivity contribution in [2.75, 3.05) is 17.2 Å². The highest BCUT2D eigenvalue weighted by molar-refractivity contribution is 9.10. The maximum Gasteiger partial charge on any atom is 0.265 e.